The van der Waals surface area contributed by atoms with Gasteiger partial charge >= 0.3 is 0 Å². The fraction of sp³-hybridized carbons (Fsp3) is 1.00. The lowest BCUT2D eigenvalue weighted by Crippen LogP contribution is -2.54. The third kappa shape index (κ3) is 1.93. The van der Waals surface area contributed by atoms with Crippen molar-refractivity contribution in [3.8, 4) is 0 Å². The van der Waals surface area contributed by atoms with Gasteiger partial charge in [0, 0.05) is 5.54 Å². The molecule has 0 fully saturated rings. The lowest BCUT2D eigenvalue weighted by Gasteiger charge is -2.32. The fourth-order valence-corrected chi connectivity index (χ4v) is 0.615. The largest absolute Gasteiger partial charge is 0.255 e. The summed E-state index contributed by atoms with van der Waals surface area (Å²) in [6, 6.07) is 0. The van der Waals surface area contributed by atoms with E-state index in [0.29, 0.717) is 0 Å². The first-order valence-corrected chi connectivity index (χ1v) is 3.36. The number of hydrogen-bond donors (Lipinski definition) is 2. The van der Waals surface area contributed by atoms with Crippen LogP contribution in [0.15, 0.2) is 0 Å². The summed E-state index contributed by atoms with van der Waals surface area (Å²) >= 11 is 0. The summed E-state index contributed by atoms with van der Waals surface area (Å²) in [7, 11) is 0. The summed E-state index contributed by atoms with van der Waals surface area (Å²) in [6.07, 6.45) is 1.97. The topological polar surface area (TPSA) is 55.3 Å². The monoisotopic (exact) mass is 131 g/mol. The Bertz CT molecular complexity index is 76.4. The van der Waals surface area contributed by atoms with Gasteiger partial charge in [0.15, 0.2) is 0 Å². The molecule has 0 bridgehead atoms. The van der Waals surface area contributed by atoms with Gasteiger partial charge in [-0.05, 0) is 19.8 Å². The van der Waals surface area contributed by atoms with Crippen LogP contribution in [0.25, 0.3) is 0 Å². The first-order chi connectivity index (χ1) is 4.06. The first kappa shape index (κ1) is 8.88. The molecule has 0 radical (unpaired) electrons. The molecule has 0 amide bonds. The van der Waals surface area contributed by atoms with Gasteiger partial charge in [-0.3, -0.25) is 11.7 Å². The Balaban J connectivity index is 3.92. The minimum atomic E-state index is -0.0278. The van der Waals surface area contributed by atoms with Crippen molar-refractivity contribution in [3.63, 3.8) is 0 Å². The Morgan fingerprint density at radius 3 is 1.56 bits per heavy atom. The fourth-order valence-electron chi connectivity index (χ4n) is 0.615. The van der Waals surface area contributed by atoms with Crippen LogP contribution in [0.4, 0.5) is 0 Å². The molecule has 0 heterocycles. The van der Waals surface area contributed by atoms with E-state index >= 15 is 0 Å². The zero-order valence-corrected chi connectivity index (χ0v) is 6.52. The van der Waals surface area contributed by atoms with Crippen molar-refractivity contribution in [2.75, 3.05) is 0 Å². The second-order valence-electron chi connectivity index (χ2n) is 2.61. The molecule has 56 valence electrons. The number of hydrogen-bond acceptors (Lipinski definition) is 3. The highest BCUT2D eigenvalue weighted by Crippen LogP contribution is 2.16. The third-order valence-corrected chi connectivity index (χ3v) is 2.15. The molecule has 3 heteroatoms. The number of rotatable bonds is 3. The van der Waals surface area contributed by atoms with Crippen molar-refractivity contribution in [3.05, 3.63) is 0 Å². The van der Waals surface area contributed by atoms with Crippen LogP contribution in [0.2, 0.25) is 0 Å². The first-order valence-electron chi connectivity index (χ1n) is 3.36. The predicted octanol–water partition coefficient (Wildman–Crippen LogP) is 0.615. The van der Waals surface area contributed by atoms with Crippen molar-refractivity contribution >= 4 is 0 Å². The molecule has 0 aliphatic heterocycles. The van der Waals surface area contributed by atoms with Gasteiger partial charge in [0.2, 0.25) is 0 Å². The molecule has 0 spiro atoms. The van der Waals surface area contributed by atoms with Gasteiger partial charge in [-0.2, -0.15) is 5.12 Å². The summed E-state index contributed by atoms with van der Waals surface area (Å²) in [5.41, 5.74) is -0.0278. The zero-order valence-electron chi connectivity index (χ0n) is 6.52. The molecule has 0 rings (SSSR count). The van der Waals surface area contributed by atoms with E-state index in [1.165, 1.54) is 5.12 Å². The van der Waals surface area contributed by atoms with Gasteiger partial charge in [-0.1, -0.05) is 13.8 Å². The second kappa shape index (κ2) is 3.15. The molecule has 9 heavy (non-hydrogen) atoms. The predicted molar refractivity (Wildman–Crippen MR) is 39.2 cm³/mol. The molecular weight excluding hydrogens is 114 g/mol. The molecule has 0 aliphatic rings. The van der Waals surface area contributed by atoms with Crippen LogP contribution in [0, 0.1) is 0 Å². The van der Waals surface area contributed by atoms with Crippen molar-refractivity contribution in [1.29, 1.82) is 0 Å². The average Bonchev–Trinajstić information content (AvgIpc) is 1.86. The van der Waals surface area contributed by atoms with Gasteiger partial charge in [-0.15, -0.1) is 0 Å². The number of hydrazine groups is 2. The highest BCUT2D eigenvalue weighted by Gasteiger charge is 2.22. The molecular formula is C6H17N3. The summed E-state index contributed by atoms with van der Waals surface area (Å²) in [5.74, 6) is 10.8. The van der Waals surface area contributed by atoms with Crippen LogP contribution >= 0.6 is 0 Å². The number of nitrogens with two attached hydrogens (primary N) is 2. The van der Waals surface area contributed by atoms with Crippen LogP contribution in [0.5, 0.6) is 0 Å². The molecule has 3 nitrogen and oxygen atoms in total. The van der Waals surface area contributed by atoms with Crippen molar-refractivity contribution < 1.29 is 0 Å². The van der Waals surface area contributed by atoms with E-state index in [1.807, 2.05) is 6.92 Å². The van der Waals surface area contributed by atoms with E-state index < -0.39 is 0 Å². The maximum atomic E-state index is 5.40. The molecule has 0 unspecified atom stereocenters. The Morgan fingerprint density at radius 2 is 1.56 bits per heavy atom. The van der Waals surface area contributed by atoms with Crippen molar-refractivity contribution in [2.24, 2.45) is 11.7 Å². The summed E-state index contributed by atoms with van der Waals surface area (Å²) < 4.78 is 0. The third-order valence-electron chi connectivity index (χ3n) is 2.15. The van der Waals surface area contributed by atoms with E-state index in [4.69, 9.17) is 11.7 Å². The lowest BCUT2D eigenvalue weighted by atomic mass is 9.96. The Kier molecular flexibility index (Phi) is 3.11. The van der Waals surface area contributed by atoms with Crippen LogP contribution in [-0.2, 0) is 0 Å². The van der Waals surface area contributed by atoms with Crippen LogP contribution in [0.3, 0.4) is 0 Å². The molecule has 0 aromatic heterocycles. The second-order valence-corrected chi connectivity index (χ2v) is 2.61. The van der Waals surface area contributed by atoms with Crippen LogP contribution in [-0.4, -0.2) is 10.7 Å². The van der Waals surface area contributed by atoms with E-state index in [2.05, 4.69) is 13.8 Å². The Hall–Kier alpha value is -0.120. The normalized spacial score (nSPS) is 12.7. The van der Waals surface area contributed by atoms with Gasteiger partial charge in [0.05, 0.1) is 0 Å². The highest BCUT2D eigenvalue weighted by molar-refractivity contribution is 4.76. The molecule has 0 aliphatic carbocycles. The van der Waals surface area contributed by atoms with E-state index in [9.17, 15) is 0 Å². The molecule has 0 aromatic carbocycles. The van der Waals surface area contributed by atoms with Gasteiger partial charge in [0.25, 0.3) is 0 Å². The smallest absolute Gasteiger partial charge is 0.0471 e. The van der Waals surface area contributed by atoms with Gasteiger partial charge in [-0.25, -0.2) is 0 Å². The SMILES string of the molecule is CCC(C)(CC)N(N)N. The van der Waals surface area contributed by atoms with Gasteiger partial charge < -0.3 is 0 Å². The summed E-state index contributed by atoms with van der Waals surface area (Å²) in [4.78, 5) is 0. The molecule has 4 N–H and O–H groups in total. The molecule has 0 aromatic rings. The maximum absolute atomic E-state index is 5.40. The van der Waals surface area contributed by atoms with Gasteiger partial charge in [0.1, 0.15) is 0 Å². The minimum absolute atomic E-state index is 0.0278. The maximum Gasteiger partial charge on any atom is 0.0471 e. The quantitative estimate of drug-likeness (QED) is 0.436. The van der Waals surface area contributed by atoms with Crippen LogP contribution < -0.4 is 11.7 Å². The standard InChI is InChI=1S/C6H17N3/c1-4-6(3,5-2)9(7)8/h4-5,7-8H2,1-3H3. The summed E-state index contributed by atoms with van der Waals surface area (Å²) in [5, 5.41) is 1.30. The average molecular weight is 131 g/mol. The van der Waals surface area contributed by atoms with Crippen molar-refractivity contribution in [2.45, 2.75) is 39.2 Å². The zero-order chi connectivity index (χ0) is 7.49. The molecule has 0 saturated carbocycles. The molecule has 0 saturated heterocycles. The highest BCUT2D eigenvalue weighted by atomic mass is 15.6. The molecule has 0 atom stereocenters. The lowest BCUT2D eigenvalue weighted by molar-refractivity contribution is 0.0960. The Morgan fingerprint density at radius 1 is 1.22 bits per heavy atom. The Labute approximate surface area is 56.9 Å². The minimum Gasteiger partial charge on any atom is -0.255 e. The number of nitrogens with zero attached hydrogens (tertiary/aromatic N) is 1. The van der Waals surface area contributed by atoms with E-state index in [1.54, 1.807) is 0 Å². The van der Waals surface area contributed by atoms with E-state index in [0.717, 1.165) is 12.8 Å². The van der Waals surface area contributed by atoms with Crippen molar-refractivity contribution in [1.82, 2.24) is 5.12 Å². The summed E-state index contributed by atoms with van der Waals surface area (Å²) in [6.45, 7) is 6.21. The van der Waals surface area contributed by atoms with E-state index in [-0.39, 0.29) is 5.54 Å². The van der Waals surface area contributed by atoms with Crippen LogP contribution in [0.1, 0.15) is 33.6 Å².